The van der Waals surface area contributed by atoms with E-state index in [2.05, 4.69) is 10.5 Å². The van der Waals surface area contributed by atoms with Crippen LogP contribution in [0.15, 0.2) is 41.6 Å². The summed E-state index contributed by atoms with van der Waals surface area (Å²) in [5.41, 5.74) is 2.17. The van der Waals surface area contributed by atoms with Crippen LogP contribution in [0.25, 0.3) is 0 Å². The zero-order valence-corrected chi connectivity index (χ0v) is 13.3. The fraction of sp³-hybridized carbons (Fsp3) is 0.278. The van der Waals surface area contributed by atoms with Gasteiger partial charge in [0.1, 0.15) is 17.7 Å². The molecule has 0 saturated heterocycles. The monoisotopic (exact) mass is 346 g/mol. The number of hydrogen-bond acceptors (Lipinski definition) is 5. The van der Waals surface area contributed by atoms with Crippen molar-refractivity contribution in [1.82, 2.24) is 5.32 Å². The maximum absolute atomic E-state index is 13.6. The Morgan fingerprint density at radius 2 is 1.96 bits per heavy atom. The van der Waals surface area contributed by atoms with E-state index >= 15 is 0 Å². The topological polar surface area (TPSA) is 52.1 Å². The highest BCUT2D eigenvalue weighted by Crippen LogP contribution is 2.33. The first-order chi connectivity index (χ1) is 12.2. The van der Waals surface area contributed by atoms with Gasteiger partial charge < -0.3 is 19.6 Å². The molecule has 4 rings (SSSR count). The van der Waals surface area contributed by atoms with Gasteiger partial charge in [0.15, 0.2) is 11.5 Å². The van der Waals surface area contributed by atoms with Crippen LogP contribution in [0, 0.1) is 11.6 Å². The summed E-state index contributed by atoms with van der Waals surface area (Å²) in [6, 6.07) is 9.20. The van der Waals surface area contributed by atoms with Gasteiger partial charge in [-0.2, -0.15) is 0 Å². The average Bonchev–Trinajstić information content (AvgIpc) is 3.25. The summed E-state index contributed by atoms with van der Waals surface area (Å²) in [4.78, 5) is 5.43. The molecule has 0 radical (unpaired) electrons. The molecule has 130 valence electrons. The molecule has 5 nitrogen and oxygen atoms in total. The van der Waals surface area contributed by atoms with Gasteiger partial charge in [0.05, 0.1) is 5.71 Å². The smallest absolute Gasteiger partial charge is 0.231 e. The van der Waals surface area contributed by atoms with Crippen molar-refractivity contribution in [2.45, 2.75) is 19.1 Å². The van der Waals surface area contributed by atoms with E-state index in [0.29, 0.717) is 30.8 Å². The van der Waals surface area contributed by atoms with E-state index in [9.17, 15) is 8.78 Å². The zero-order valence-electron chi connectivity index (χ0n) is 13.3. The lowest BCUT2D eigenvalue weighted by Crippen LogP contribution is -2.27. The van der Waals surface area contributed by atoms with Gasteiger partial charge in [-0.05, 0) is 24.3 Å². The lowest BCUT2D eigenvalue weighted by Gasteiger charge is -2.10. The molecule has 0 fully saturated rings. The molecule has 0 aromatic heterocycles. The van der Waals surface area contributed by atoms with E-state index in [4.69, 9.17) is 14.3 Å². The van der Waals surface area contributed by atoms with Crippen LogP contribution >= 0.6 is 0 Å². The van der Waals surface area contributed by atoms with Gasteiger partial charge in [0.25, 0.3) is 0 Å². The molecular formula is C18H16F2N2O3. The molecule has 7 heteroatoms. The summed E-state index contributed by atoms with van der Waals surface area (Å²) in [5.74, 6) is 0.288. The largest absolute Gasteiger partial charge is 0.454 e. The first kappa shape index (κ1) is 15.8. The SMILES string of the molecule is Fc1ccc(CNCC2CC(c3ccc4c(c3)OCO4)=NO2)c(F)c1. The van der Waals surface area contributed by atoms with Gasteiger partial charge in [-0.1, -0.05) is 11.2 Å². The van der Waals surface area contributed by atoms with Crippen LogP contribution in [0.1, 0.15) is 17.5 Å². The summed E-state index contributed by atoms with van der Waals surface area (Å²) in [7, 11) is 0. The second kappa shape index (κ2) is 6.68. The number of benzene rings is 2. The Morgan fingerprint density at radius 1 is 1.08 bits per heavy atom. The number of nitrogens with one attached hydrogen (secondary N) is 1. The molecule has 1 atom stereocenters. The highest BCUT2D eigenvalue weighted by atomic mass is 19.1. The lowest BCUT2D eigenvalue weighted by molar-refractivity contribution is 0.0848. The Morgan fingerprint density at radius 3 is 2.84 bits per heavy atom. The van der Waals surface area contributed by atoms with Crippen molar-refractivity contribution in [3.63, 3.8) is 0 Å². The number of oxime groups is 1. The third-order valence-corrected chi connectivity index (χ3v) is 4.14. The van der Waals surface area contributed by atoms with Crippen molar-refractivity contribution in [3.05, 3.63) is 59.2 Å². The van der Waals surface area contributed by atoms with E-state index in [0.717, 1.165) is 23.1 Å². The molecule has 0 spiro atoms. The molecular weight excluding hydrogens is 330 g/mol. The van der Waals surface area contributed by atoms with E-state index in [1.807, 2.05) is 18.2 Å². The highest BCUT2D eigenvalue weighted by Gasteiger charge is 2.24. The first-order valence-electron chi connectivity index (χ1n) is 7.96. The Hall–Kier alpha value is -2.67. The molecule has 0 bridgehead atoms. The maximum atomic E-state index is 13.6. The minimum Gasteiger partial charge on any atom is -0.454 e. The number of hydrogen-bond donors (Lipinski definition) is 1. The van der Waals surface area contributed by atoms with Gasteiger partial charge in [-0.3, -0.25) is 0 Å². The Bertz CT molecular complexity index is 826. The molecule has 2 heterocycles. The molecule has 2 aliphatic heterocycles. The van der Waals surface area contributed by atoms with Crippen LogP contribution in [0.2, 0.25) is 0 Å². The van der Waals surface area contributed by atoms with Crippen molar-refractivity contribution in [1.29, 1.82) is 0 Å². The zero-order chi connectivity index (χ0) is 17.2. The Labute approximate surface area is 143 Å². The second-order valence-corrected chi connectivity index (χ2v) is 5.90. The van der Waals surface area contributed by atoms with E-state index in [-0.39, 0.29) is 12.9 Å². The summed E-state index contributed by atoms with van der Waals surface area (Å²) in [5, 5.41) is 7.24. The van der Waals surface area contributed by atoms with Crippen molar-refractivity contribution in [3.8, 4) is 11.5 Å². The molecule has 2 aromatic carbocycles. The lowest BCUT2D eigenvalue weighted by atomic mass is 10.0. The number of fused-ring (bicyclic) bond motifs is 1. The number of halogens is 2. The van der Waals surface area contributed by atoms with E-state index in [1.54, 1.807) is 0 Å². The maximum Gasteiger partial charge on any atom is 0.231 e. The molecule has 0 saturated carbocycles. The molecule has 1 unspecified atom stereocenters. The number of rotatable bonds is 5. The van der Waals surface area contributed by atoms with Crippen LogP contribution in [0.5, 0.6) is 11.5 Å². The minimum atomic E-state index is -0.581. The molecule has 1 N–H and O–H groups in total. The third-order valence-electron chi connectivity index (χ3n) is 4.14. The molecule has 0 aliphatic carbocycles. The second-order valence-electron chi connectivity index (χ2n) is 5.90. The van der Waals surface area contributed by atoms with Gasteiger partial charge in [-0.25, -0.2) is 8.78 Å². The van der Waals surface area contributed by atoms with Crippen LogP contribution in [-0.2, 0) is 11.4 Å². The van der Waals surface area contributed by atoms with Crippen LogP contribution in [-0.4, -0.2) is 25.2 Å². The quantitative estimate of drug-likeness (QED) is 0.904. The van der Waals surface area contributed by atoms with Crippen molar-refractivity contribution < 1.29 is 23.1 Å². The third kappa shape index (κ3) is 3.41. The van der Waals surface area contributed by atoms with Gasteiger partial charge in [-0.15, -0.1) is 0 Å². The fourth-order valence-electron chi connectivity index (χ4n) is 2.82. The predicted molar refractivity (Wildman–Crippen MR) is 86.7 cm³/mol. The van der Waals surface area contributed by atoms with Crippen LogP contribution in [0.3, 0.4) is 0 Å². The van der Waals surface area contributed by atoms with E-state index < -0.39 is 11.6 Å². The van der Waals surface area contributed by atoms with Gasteiger partial charge >= 0.3 is 0 Å². The summed E-state index contributed by atoms with van der Waals surface area (Å²) in [6.07, 6.45) is 0.502. The Balaban J connectivity index is 1.30. The normalized spacial score (nSPS) is 18.2. The number of nitrogens with zero attached hydrogens (tertiary/aromatic N) is 1. The van der Waals surface area contributed by atoms with Crippen LogP contribution < -0.4 is 14.8 Å². The summed E-state index contributed by atoms with van der Waals surface area (Å²) >= 11 is 0. The summed E-state index contributed by atoms with van der Waals surface area (Å²) < 4.78 is 37.1. The molecule has 0 amide bonds. The average molecular weight is 346 g/mol. The molecule has 25 heavy (non-hydrogen) atoms. The minimum absolute atomic E-state index is 0.135. The standard InChI is InChI=1S/C18H16F2N2O3/c19-13-3-1-12(15(20)6-13)8-21-9-14-7-16(22-25-14)11-2-4-17-18(5-11)24-10-23-17/h1-6,14,21H,7-10H2. The number of ether oxygens (including phenoxy) is 2. The van der Waals surface area contributed by atoms with Crippen molar-refractivity contribution >= 4 is 5.71 Å². The highest BCUT2D eigenvalue weighted by molar-refractivity contribution is 6.01. The van der Waals surface area contributed by atoms with Crippen molar-refractivity contribution in [2.24, 2.45) is 5.16 Å². The predicted octanol–water partition coefficient (Wildman–Crippen LogP) is 2.98. The Kier molecular flexibility index (Phi) is 4.23. The first-order valence-corrected chi connectivity index (χ1v) is 7.96. The molecule has 2 aliphatic rings. The van der Waals surface area contributed by atoms with Gasteiger partial charge in [0.2, 0.25) is 6.79 Å². The molecule has 2 aromatic rings. The van der Waals surface area contributed by atoms with Crippen LogP contribution in [0.4, 0.5) is 8.78 Å². The summed E-state index contributed by atoms with van der Waals surface area (Å²) in [6.45, 7) is 1.04. The fourth-order valence-corrected chi connectivity index (χ4v) is 2.82. The van der Waals surface area contributed by atoms with E-state index in [1.165, 1.54) is 12.1 Å². The van der Waals surface area contributed by atoms with Gasteiger partial charge in [0, 0.05) is 36.7 Å². The van der Waals surface area contributed by atoms with Crippen molar-refractivity contribution in [2.75, 3.05) is 13.3 Å².